The van der Waals surface area contributed by atoms with E-state index in [1.54, 1.807) is 13.8 Å². The lowest BCUT2D eigenvalue weighted by molar-refractivity contribution is -0.131. The Bertz CT molecular complexity index is 490. The largest absolute Gasteiger partial charge is 0.352 e. The van der Waals surface area contributed by atoms with Crippen molar-refractivity contribution in [2.75, 3.05) is 0 Å². The van der Waals surface area contributed by atoms with Gasteiger partial charge in [-0.3, -0.25) is 9.59 Å². The van der Waals surface area contributed by atoms with E-state index < -0.39 is 18.0 Å². The zero-order valence-corrected chi connectivity index (χ0v) is 13.8. The van der Waals surface area contributed by atoms with Crippen molar-refractivity contribution in [1.82, 2.24) is 10.6 Å². The van der Waals surface area contributed by atoms with Crippen LogP contribution in [0.2, 0.25) is 0 Å². The van der Waals surface area contributed by atoms with Gasteiger partial charge in [0, 0.05) is 12.1 Å². The van der Waals surface area contributed by atoms with Crippen LogP contribution in [0.1, 0.15) is 45.7 Å². The quantitative estimate of drug-likeness (QED) is 0.717. The molecule has 1 aromatic carbocycles. The number of rotatable bonds is 7. The molecule has 4 N–H and O–H groups in total. The fraction of sp³-hybridized carbons (Fsp3) is 0.529. The Morgan fingerprint density at radius 2 is 1.64 bits per heavy atom. The van der Waals surface area contributed by atoms with Gasteiger partial charge in [-0.2, -0.15) is 0 Å². The van der Waals surface area contributed by atoms with Crippen LogP contribution >= 0.6 is 0 Å². The highest BCUT2D eigenvalue weighted by atomic mass is 16.2. The second-order valence-electron chi connectivity index (χ2n) is 5.77. The van der Waals surface area contributed by atoms with Crippen LogP contribution in [0.3, 0.4) is 0 Å². The van der Waals surface area contributed by atoms with E-state index in [1.807, 2.05) is 44.2 Å². The lowest BCUT2D eigenvalue weighted by Crippen LogP contribution is -2.49. The third kappa shape index (κ3) is 5.15. The van der Waals surface area contributed by atoms with E-state index in [1.165, 1.54) is 0 Å². The number of nitrogens with two attached hydrogens (primary N) is 1. The fourth-order valence-electron chi connectivity index (χ4n) is 2.01. The topological polar surface area (TPSA) is 84.2 Å². The fourth-order valence-corrected chi connectivity index (χ4v) is 2.01. The van der Waals surface area contributed by atoms with Gasteiger partial charge in [0.1, 0.15) is 6.04 Å². The van der Waals surface area contributed by atoms with Gasteiger partial charge < -0.3 is 16.4 Å². The van der Waals surface area contributed by atoms with Crippen molar-refractivity contribution >= 4 is 11.8 Å². The van der Waals surface area contributed by atoms with E-state index in [4.69, 9.17) is 5.73 Å². The molecule has 0 saturated heterocycles. The predicted molar refractivity (Wildman–Crippen MR) is 88.0 cm³/mol. The summed E-state index contributed by atoms with van der Waals surface area (Å²) in [5.74, 6) is -0.812. The Balaban J connectivity index is 2.58. The van der Waals surface area contributed by atoms with Crippen molar-refractivity contribution in [2.45, 2.75) is 52.2 Å². The maximum atomic E-state index is 12.3. The molecule has 0 aromatic heterocycles. The first-order chi connectivity index (χ1) is 10.4. The molecular weight excluding hydrogens is 278 g/mol. The SMILES string of the molecule is CCC(C)NC(=O)C(C)NC(=O)C(C)C(N)c1ccccc1. The van der Waals surface area contributed by atoms with E-state index in [-0.39, 0.29) is 17.9 Å². The molecule has 22 heavy (non-hydrogen) atoms. The van der Waals surface area contributed by atoms with Crippen LogP contribution in [-0.2, 0) is 9.59 Å². The lowest BCUT2D eigenvalue weighted by Gasteiger charge is -2.23. The Morgan fingerprint density at radius 3 is 2.18 bits per heavy atom. The van der Waals surface area contributed by atoms with Crippen molar-refractivity contribution in [3.05, 3.63) is 35.9 Å². The van der Waals surface area contributed by atoms with E-state index in [0.717, 1.165) is 12.0 Å². The van der Waals surface area contributed by atoms with Crippen molar-refractivity contribution in [3.63, 3.8) is 0 Å². The van der Waals surface area contributed by atoms with Gasteiger partial charge in [0.25, 0.3) is 0 Å². The number of carbonyl (C=O) groups is 2. The number of nitrogens with one attached hydrogen (secondary N) is 2. The predicted octanol–water partition coefficient (Wildman–Crippen LogP) is 1.74. The van der Waals surface area contributed by atoms with Gasteiger partial charge in [0.15, 0.2) is 0 Å². The number of hydrogen-bond acceptors (Lipinski definition) is 3. The van der Waals surface area contributed by atoms with Gasteiger partial charge in [-0.05, 0) is 25.8 Å². The summed E-state index contributed by atoms with van der Waals surface area (Å²) < 4.78 is 0. The van der Waals surface area contributed by atoms with E-state index in [2.05, 4.69) is 10.6 Å². The first kappa shape index (κ1) is 18.2. The van der Waals surface area contributed by atoms with Crippen LogP contribution in [0, 0.1) is 5.92 Å². The summed E-state index contributed by atoms with van der Waals surface area (Å²) in [7, 11) is 0. The average molecular weight is 305 g/mol. The second kappa shape index (κ2) is 8.54. The summed E-state index contributed by atoms with van der Waals surface area (Å²) in [4.78, 5) is 24.2. The molecule has 0 bridgehead atoms. The molecule has 1 rings (SSSR count). The normalized spacial score (nSPS) is 16.2. The summed E-state index contributed by atoms with van der Waals surface area (Å²) in [5.41, 5.74) is 7.04. The molecule has 0 fully saturated rings. The standard InChI is InChI=1S/C17H27N3O2/c1-5-11(2)19-17(22)13(4)20-16(21)12(3)15(18)14-9-7-6-8-10-14/h6-13,15H,5,18H2,1-4H3,(H,19,22)(H,20,21). The molecule has 5 heteroatoms. The van der Waals surface area contributed by atoms with Gasteiger partial charge in [-0.25, -0.2) is 0 Å². The van der Waals surface area contributed by atoms with Gasteiger partial charge in [0.2, 0.25) is 11.8 Å². The zero-order valence-electron chi connectivity index (χ0n) is 13.8. The van der Waals surface area contributed by atoms with E-state index in [9.17, 15) is 9.59 Å². The summed E-state index contributed by atoms with van der Waals surface area (Å²) in [5, 5.41) is 5.58. The molecule has 5 nitrogen and oxygen atoms in total. The Kier molecular flexibility index (Phi) is 7.05. The van der Waals surface area contributed by atoms with Crippen molar-refractivity contribution in [3.8, 4) is 0 Å². The first-order valence-electron chi connectivity index (χ1n) is 7.78. The number of benzene rings is 1. The molecule has 0 aliphatic heterocycles. The van der Waals surface area contributed by atoms with Crippen LogP contribution in [0.4, 0.5) is 0 Å². The highest BCUT2D eigenvalue weighted by Crippen LogP contribution is 2.19. The van der Waals surface area contributed by atoms with Gasteiger partial charge in [-0.1, -0.05) is 44.2 Å². The first-order valence-corrected chi connectivity index (χ1v) is 7.78. The Morgan fingerprint density at radius 1 is 1.05 bits per heavy atom. The van der Waals surface area contributed by atoms with Crippen LogP contribution in [-0.4, -0.2) is 23.9 Å². The van der Waals surface area contributed by atoms with Crippen LogP contribution < -0.4 is 16.4 Å². The number of amides is 2. The minimum Gasteiger partial charge on any atom is -0.352 e. The van der Waals surface area contributed by atoms with Crippen molar-refractivity contribution in [2.24, 2.45) is 11.7 Å². The maximum Gasteiger partial charge on any atom is 0.242 e. The molecule has 0 aliphatic carbocycles. The second-order valence-corrected chi connectivity index (χ2v) is 5.77. The minimum absolute atomic E-state index is 0.0934. The minimum atomic E-state index is -0.577. The van der Waals surface area contributed by atoms with Gasteiger partial charge in [-0.15, -0.1) is 0 Å². The molecule has 1 aromatic rings. The Hall–Kier alpha value is -1.88. The summed E-state index contributed by atoms with van der Waals surface area (Å²) >= 11 is 0. The summed E-state index contributed by atoms with van der Waals surface area (Å²) in [6.45, 7) is 7.37. The maximum absolute atomic E-state index is 12.3. The monoisotopic (exact) mass is 305 g/mol. The van der Waals surface area contributed by atoms with E-state index in [0.29, 0.717) is 0 Å². The van der Waals surface area contributed by atoms with Gasteiger partial charge >= 0.3 is 0 Å². The summed E-state index contributed by atoms with van der Waals surface area (Å²) in [6, 6.07) is 8.60. The molecule has 0 heterocycles. The third-order valence-corrected chi connectivity index (χ3v) is 3.89. The number of hydrogen-bond donors (Lipinski definition) is 3. The highest BCUT2D eigenvalue weighted by molar-refractivity contribution is 5.88. The smallest absolute Gasteiger partial charge is 0.242 e. The third-order valence-electron chi connectivity index (χ3n) is 3.89. The molecule has 4 atom stereocenters. The van der Waals surface area contributed by atoms with Crippen LogP contribution in [0.25, 0.3) is 0 Å². The molecule has 2 amide bonds. The van der Waals surface area contributed by atoms with Crippen LogP contribution in [0.5, 0.6) is 0 Å². The molecule has 4 unspecified atom stereocenters. The van der Waals surface area contributed by atoms with Crippen molar-refractivity contribution in [1.29, 1.82) is 0 Å². The zero-order chi connectivity index (χ0) is 16.7. The average Bonchev–Trinajstić information content (AvgIpc) is 2.53. The molecule has 0 saturated carbocycles. The molecule has 122 valence electrons. The lowest BCUT2D eigenvalue weighted by atomic mass is 9.94. The Labute approximate surface area is 132 Å². The molecule has 0 spiro atoms. The van der Waals surface area contributed by atoms with E-state index >= 15 is 0 Å². The molecule has 0 radical (unpaired) electrons. The summed E-state index contributed by atoms with van der Waals surface area (Å²) in [6.07, 6.45) is 0.849. The molecular formula is C17H27N3O2. The van der Waals surface area contributed by atoms with Gasteiger partial charge in [0.05, 0.1) is 5.92 Å². The number of carbonyl (C=O) groups excluding carboxylic acids is 2. The van der Waals surface area contributed by atoms with Crippen LogP contribution in [0.15, 0.2) is 30.3 Å². The van der Waals surface area contributed by atoms with Crippen molar-refractivity contribution < 1.29 is 9.59 Å². The highest BCUT2D eigenvalue weighted by Gasteiger charge is 2.25. The molecule has 0 aliphatic rings.